The minimum absolute atomic E-state index is 0.0530. The summed E-state index contributed by atoms with van der Waals surface area (Å²) in [5.74, 6) is -1.80. The molecule has 1 N–H and O–H groups in total. The molecular weight excluding hydrogens is 403 g/mol. The molecule has 7 nitrogen and oxygen atoms in total. The average molecular weight is 418 g/mol. The Morgan fingerprint density at radius 2 is 1.87 bits per heavy atom. The Kier molecular flexibility index (Phi) is 4.39. The predicted molar refractivity (Wildman–Crippen MR) is 108 cm³/mol. The van der Waals surface area contributed by atoms with Crippen LogP contribution in [-0.2, 0) is 9.59 Å². The summed E-state index contributed by atoms with van der Waals surface area (Å²) in [6, 6.07) is 14.0. The second kappa shape index (κ2) is 7.24. The number of nitrogens with zero attached hydrogens (tertiary/aromatic N) is 2. The number of fused-ring (bicyclic) bond motifs is 1. The number of benzene rings is 2. The maximum Gasteiger partial charge on any atom is 0.300 e. The Morgan fingerprint density at radius 1 is 1.03 bits per heavy atom. The number of ether oxygens (including phenoxy) is 2. The van der Waals surface area contributed by atoms with Gasteiger partial charge in [0.1, 0.15) is 17.6 Å². The van der Waals surface area contributed by atoms with Crippen molar-refractivity contribution >= 4 is 23.1 Å². The molecule has 2 aliphatic rings. The number of carbonyl (C=O) groups is 2. The largest absolute Gasteiger partial charge is 0.507 e. The highest BCUT2D eigenvalue weighted by molar-refractivity contribution is 6.51. The SMILES string of the molecule is O=C1C(=O)N(c2cccc(F)c2)C(c2ccccn2)/C1=C(/O)c1ccc2c(c1)OCO2. The smallest absolute Gasteiger partial charge is 0.300 e. The van der Waals surface area contributed by atoms with Crippen molar-refractivity contribution in [1.82, 2.24) is 4.98 Å². The molecule has 0 aliphatic carbocycles. The molecule has 0 spiro atoms. The highest BCUT2D eigenvalue weighted by Gasteiger charge is 2.47. The maximum absolute atomic E-state index is 13.9. The van der Waals surface area contributed by atoms with Gasteiger partial charge in [-0.05, 0) is 48.5 Å². The highest BCUT2D eigenvalue weighted by atomic mass is 19.1. The molecule has 1 unspecified atom stereocenters. The van der Waals surface area contributed by atoms with Gasteiger partial charge in [-0.1, -0.05) is 12.1 Å². The topological polar surface area (TPSA) is 89.0 Å². The molecule has 154 valence electrons. The fourth-order valence-corrected chi connectivity index (χ4v) is 3.74. The maximum atomic E-state index is 13.9. The molecule has 0 saturated carbocycles. The van der Waals surface area contributed by atoms with Crippen molar-refractivity contribution in [3.05, 3.63) is 89.5 Å². The van der Waals surface area contributed by atoms with Crippen LogP contribution in [0.15, 0.2) is 72.4 Å². The first-order valence-electron chi connectivity index (χ1n) is 9.42. The summed E-state index contributed by atoms with van der Waals surface area (Å²) in [6.45, 7) is 0.0530. The van der Waals surface area contributed by atoms with E-state index in [4.69, 9.17) is 9.47 Å². The predicted octanol–water partition coefficient (Wildman–Crippen LogP) is 3.58. The van der Waals surface area contributed by atoms with Crippen LogP contribution < -0.4 is 14.4 Å². The van der Waals surface area contributed by atoms with Gasteiger partial charge in [0.05, 0.1) is 11.3 Å². The van der Waals surface area contributed by atoms with Gasteiger partial charge in [-0.25, -0.2) is 4.39 Å². The number of rotatable bonds is 3. The molecule has 8 heteroatoms. The lowest BCUT2D eigenvalue weighted by Gasteiger charge is -2.24. The number of aromatic nitrogens is 1. The molecule has 5 rings (SSSR count). The van der Waals surface area contributed by atoms with Gasteiger partial charge in [0.15, 0.2) is 11.5 Å². The van der Waals surface area contributed by atoms with Gasteiger partial charge >= 0.3 is 0 Å². The standard InChI is InChI=1S/C23H15FN2O5/c24-14-4-3-5-15(11-14)26-20(16-6-1-2-9-25-16)19(22(28)23(26)29)21(27)13-7-8-17-18(10-13)31-12-30-17/h1-11,20,27H,12H2/b21-19-. The third-order valence-electron chi connectivity index (χ3n) is 5.14. The van der Waals surface area contributed by atoms with Crippen molar-refractivity contribution in [3.8, 4) is 11.5 Å². The van der Waals surface area contributed by atoms with Crippen LogP contribution in [-0.4, -0.2) is 28.6 Å². The molecule has 31 heavy (non-hydrogen) atoms. The summed E-state index contributed by atoms with van der Waals surface area (Å²) >= 11 is 0. The Bertz CT molecular complexity index is 1240. The molecule has 0 bridgehead atoms. The summed E-state index contributed by atoms with van der Waals surface area (Å²) in [4.78, 5) is 31.4. The quantitative estimate of drug-likeness (QED) is 0.397. The van der Waals surface area contributed by atoms with Crippen LogP contribution in [0.3, 0.4) is 0 Å². The van der Waals surface area contributed by atoms with Gasteiger partial charge in [0.2, 0.25) is 6.79 Å². The van der Waals surface area contributed by atoms with E-state index in [1.165, 1.54) is 30.5 Å². The molecule has 2 aliphatic heterocycles. The average Bonchev–Trinajstić information content (AvgIpc) is 3.36. The van der Waals surface area contributed by atoms with Crippen molar-refractivity contribution in [2.24, 2.45) is 0 Å². The van der Waals surface area contributed by atoms with Gasteiger partial charge in [0, 0.05) is 17.4 Å². The van der Waals surface area contributed by atoms with E-state index in [9.17, 15) is 19.1 Å². The molecule has 1 fully saturated rings. The van der Waals surface area contributed by atoms with Crippen molar-refractivity contribution in [1.29, 1.82) is 0 Å². The number of amides is 1. The Hall–Kier alpha value is -4.20. The van der Waals surface area contributed by atoms with Crippen molar-refractivity contribution < 1.29 is 28.6 Å². The molecular formula is C23H15FN2O5. The second-order valence-corrected chi connectivity index (χ2v) is 6.97. The monoisotopic (exact) mass is 418 g/mol. The first kappa shape index (κ1) is 18.8. The Labute approximate surface area is 176 Å². The number of halogens is 1. The number of aliphatic hydroxyl groups is 1. The van der Waals surface area contributed by atoms with E-state index in [1.54, 1.807) is 30.3 Å². The fourth-order valence-electron chi connectivity index (χ4n) is 3.74. The van der Waals surface area contributed by atoms with E-state index in [2.05, 4.69) is 4.98 Å². The van der Waals surface area contributed by atoms with Crippen LogP contribution in [0.4, 0.5) is 10.1 Å². The van der Waals surface area contributed by atoms with Gasteiger partial charge in [0.25, 0.3) is 11.7 Å². The zero-order chi connectivity index (χ0) is 21.5. The third kappa shape index (κ3) is 3.09. The first-order chi connectivity index (χ1) is 15.0. The van der Waals surface area contributed by atoms with E-state index in [-0.39, 0.29) is 29.4 Å². The van der Waals surface area contributed by atoms with E-state index in [1.807, 2.05) is 0 Å². The van der Waals surface area contributed by atoms with Gasteiger partial charge < -0.3 is 14.6 Å². The first-order valence-corrected chi connectivity index (χ1v) is 9.42. The minimum Gasteiger partial charge on any atom is -0.507 e. The second-order valence-electron chi connectivity index (χ2n) is 6.97. The summed E-state index contributed by atoms with van der Waals surface area (Å²) in [5, 5.41) is 11.1. The zero-order valence-electron chi connectivity index (χ0n) is 16.0. The molecule has 3 heterocycles. The van der Waals surface area contributed by atoms with Crippen molar-refractivity contribution in [3.63, 3.8) is 0 Å². The lowest BCUT2D eigenvalue weighted by molar-refractivity contribution is -0.132. The van der Waals surface area contributed by atoms with Gasteiger partial charge in [-0.3, -0.25) is 19.5 Å². The van der Waals surface area contributed by atoms with E-state index < -0.39 is 23.5 Å². The summed E-state index contributed by atoms with van der Waals surface area (Å²) in [6.07, 6.45) is 1.52. The van der Waals surface area contributed by atoms with Crippen molar-refractivity contribution in [2.75, 3.05) is 11.7 Å². The molecule has 1 amide bonds. The summed E-state index contributed by atoms with van der Waals surface area (Å²) in [7, 11) is 0. The number of Topliss-reactive ketones (excluding diaryl/α,β-unsaturated/α-hetero) is 1. The number of aliphatic hydroxyl groups excluding tert-OH is 1. The molecule has 0 radical (unpaired) electrons. The number of ketones is 1. The highest BCUT2D eigenvalue weighted by Crippen LogP contribution is 2.42. The fraction of sp³-hybridized carbons (Fsp3) is 0.0870. The Balaban J connectivity index is 1.70. The molecule has 1 saturated heterocycles. The third-order valence-corrected chi connectivity index (χ3v) is 5.14. The number of anilines is 1. The van der Waals surface area contributed by atoms with Gasteiger partial charge in [-0.15, -0.1) is 0 Å². The van der Waals surface area contributed by atoms with E-state index >= 15 is 0 Å². The minimum atomic E-state index is -1.03. The molecule has 1 aromatic heterocycles. The van der Waals surface area contributed by atoms with Crippen LogP contribution in [0, 0.1) is 5.82 Å². The van der Waals surface area contributed by atoms with Crippen LogP contribution in [0.2, 0.25) is 0 Å². The van der Waals surface area contributed by atoms with Gasteiger partial charge in [-0.2, -0.15) is 0 Å². The molecule has 2 aromatic carbocycles. The molecule has 3 aromatic rings. The van der Waals surface area contributed by atoms with Crippen molar-refractivity contribution in [2.45, 2.75) is 6.04 Å². The van der Waals surface area contributed by atoms with Crippen LogP contribution in [0.25, 0.3) is 5.76 Å². The Morgan fingerprint density at radius 3 is 2.65 bits per heavy atom. The van der Waals surface area contributed by atoms with Crippen LogP contribution in [0.1, 0.15) is 17.3 Å². The zero-order valence-corrected chi connectivity index (χ0v) is 16.0. The number of pyridine rings is 1. The molecule has 1 atom stereocenters. The van der Waals surface area contributed by atoms with Crippen LogP contribution >= 0.6 is 0 Å². The summed E-state index contributed by atoms with van der Waals surface area (Å²) in [5.41, 5.74) is 0.671. The number of hydrogen-bond donors (Lipinski definition) is 1. The van der Waals surface area contributed by atoms with Crippen LogP contribution in [0.5, 0.6) is 11.5 Å². The van der Waals surface area contributed by atoms with E-state index in [0.717, 1.165) is 11.0 Å². The summed E-state index contributed by atoms with van der Waals surface area (Å²) < 4.78 is 24.5. The normalized spacial score (nSPS) is 19.1. The number of carbonyl (C=O) groups excluding carboxylic acids is 2. The van der Waals surface area contributed by atoms with E-state index in [0.29, 0.717) is 17.2 Å². The lowest BCUT2D eigenvalue weighted by Crippen LogP contribution is -2.29. The lowest BCUT2D eigenvalue weighted by atomic mass is 9.98. The number of hydrogen-bond acceptors (Lipinski definition) is 6.